The van der Waals surface area contributed by atoms with E-state index >= 15 is 0 Å². The number of benzene rings is 1. The van der Waals surface area contributed by atoms with Crippen molar-refractivity contribution in [2.24, 2.45) is 0 Å². The molecular weight excluding hydrogens is 256 g/mol. The highest BCUT2D eigenvalue weighted by Gasteiger charge is 2.06. The van der Waals surface area contributed by atoms with Crippen LogP contribution in [0.5, 0.6) is 5.75 Å². The molecule has 19 heavy (non-hydrogen) atoms. The van der Waals surface area contributed by atoms with Gasteiger partial charge in [-0.25, -0.2) is 4.98 Å². The van der Waals surface area contributed by atoms with Crippen LogP contribution in [-0.4, -0.2) is 12.1 Å². The molecule has 1 heterocycles. The smallest absolute Gasteiger partial charge is 0.118 e. The van der Waals surface area contributed by atoms with Crippen molar-refractivity contribution in [1.82, 2.24) is 10.3 Å². The Labute approximate surface area is 118 Å². The van der Waals surface area contributed by atoms with Gasteiger partial charge in [-0.1, -0.05) is 19.1 Å². The largest absolute Gasteiger partial charge is 0.497 e. The van der Waals surface area contributed by atoms with Gasteiger partial charge in [0.1, 0.15) is 5.75 Å². The lowest BCUT2D eigenvalue weighted by atomic mass is 10.1. The molecule has 0 saturated carbocycles. The second-order valence-electron chi connectivity index (χ2n) is 4.45. The van der Waals surface area contributed by atoms with Gasteiger partial charge in [0, 0.05) is 23.7 Å². The van der Waals surface area contributed by atoms with Crippen molar-refractivity contribution in [2.45, 2.75) is 32.9 Å². The Morgan fingerprint density at radius 3 is 2.63 bits per heavy atom. The van der Waals surface area contributed by atoms with E-state index in [4.69, 9.17) is 4.74 Å². The molecule has 0 aliphatic rings. The molecule has 0 aliphatic carbocycles. The fourth-order valence-corrected chi connectivity index (χ4v) is 2.67. The fourth-order valence-electron chi connectivity index (χ4n) is 1.86. The molecule has 0 radical (unpaired) electrons. The number of nitrogens with zero attached hydrogens (tertiary/aromatic N) is 1. The molecule has 1 N–H and O–H groups in total. The molecule has 1 aromatic heterocycles. The van der Waals surface area contributed by atoms with Gasteiger partial charge in [-0.3, -0.25) is 0 Å². The van der Waals surface area contributed by atoms with E-state index in [1.807, 2.05) is 18.3 Å². The van der Waals surface area contributed by atoms with Crippen molar-refractivity contribution >= 4 is 11.3 Å². The summed E-state index contributed by atoms with van der Waals surface area (Å²) in [6, 6.07) is 8.50. The number of thiazole rings is 1. The summed E-state index contributed by atoms with van der Waals surface area (Å²) in [7, 11) is 1.69. The van der Waals surface area contributed by atoms with E-state index in [2.05, 4.69) is 36.3 Å². The Balaban J connectivity index is 1.90. The standard InChI is InChI=1S/C15H20N2OS/c1-4-15-17-10-14(19-15)9-16-11(2)12-5-7-13(18-3)8-6-12/h5-8,10-11,16H,4,9H2,1-3H3/t11-/m1/s1. The maximum absolute atomic E-state index is 5.17. The van der Waals surface area contributed by atoms with Crippen LogP contribution in [0.3, 0.4) is 0 Å². The van der Waals surface area contributed by atoms with Crippen LogP contribution in [0.15, 0.2) is 30.5 Å². The van der Waals surface area contributed by atoms with E-state index in [9.17, 15) is 0 Å². The van der Waals surface area contributed by atoms with E-state index < -0.39 is 0 Å². The van der Waals surface area contributed by atoms with Crippen LogP contribution < -0.4 is 10.1 Å². The predicted octanol–water partition coefficient (Wildman–Crippen LogP) is 3.56. The summed E-state index contributed by atoms with van der Waals surface area (Å²) in [5.41, 5.74) is 1.26. The monoisotopic (exact) mass is 276 g/mol. The van der Waals surface area contributed by atoms with Crippen molar-refractivity contribution in [2.75, 3.05) is 7.11 Å². The minimum Gasteiger partial charge on any atom is -0.497 e. The zero-order valence-electron chi connectivity index (χ0n) is 11.6. The predicted molar refractivity (Wildman–Crippen MR) is 79.7 cm³/mol. The van der Waals surface area contributed by atoms with Gasteiger partial charge < -0.3 is 10.1 Å². The molecule has 0 amide bonds. The number of methoxy groups -OCH3 is 1. The van der Waals surface area contributed by atoms with Crippen molar-refractivity contribution in [3.63, 3.8) is 0 Å². The zero-order chi connectivity index (χ0) is 13.7. The molecule has 1 aromatic carbocycles. The van der Waals surface area contributed by atoms with Gasteiger partial charge in [-0.15, -0.1) is 11.3 Å². The topological polar surface area (TPSA) is 34.2 Å². The third kappa shape index (κ3) is 3.78. The SMILES string of the molecule is CCc1ncc(CN[C@H](C)c2ccc(OC)cc2)s1. The van der Waals surface area contributed by atoms with Crippen LogP contribution >= 0.6 is 11.3 Å². The molecule has 3 nitrogen and oxygen atoms in total. The molecule has 1 atom stereocenters. The lowest BCUT2D eigenvalue weighted by Gasteiger charge is -2.13. The van der Waals surface area contributed by atoms with Crippen molar-refractivity contribution in [3.05, 3.63) is 45.9 Å². The fraction of sp³-hybridized carbons (Fsp3) is 0.400. The molecule has 2 rings (SSSR count). The number of hydrogen-bond acceptors (Lipinski definition) is 4. The Hall–Kier alpha value is -1.39. The number of hydrogen-bond donors (Lipinski definition) is 1. The number of nitrogens with one attached hydrogen (secondary N) is 1. The van der Waals surface area contributed by atoms with E-state index in [1.54, 1.807) is 18.4 Å². The number of aromatic nitrogens is 1. The molecule has 0 fully saturated rings. The maximum Gasteiger partial charge on any atom is 0.118 e. The highest BCUT2D eigenvalue weighted by Crippen LogP contribution is 2.19. The molecule has 4 heteroatoms. The zero-order valence-corrected chi connectivity index (χ0v) is 12.5. The Bertz CT molecular complexity index is 507. The number of ether oxygens (including phenoxy) is 1. The summed E-state index contributed by atoms with van der Waals surface area (Å²) in [6.07, 6.45) is 2.98. The second kappa shape index (κ2) is 6.68. The lowest BCUT2D eigenvalue weighted by molar-refractivity contribution is 0.414. The first-order chi connectivity index (χ1) is 9.22. The van der Waals surface area contributed by atoms with Crippen LogP contribution in [0, 0.1) is 0 Å². The molecule has 0 spiro atoms. The molecule has 0 aliphatic heterocycles. The van der Waals surface area contributed by atoms with E-state index in [0.29, 0.717) is 6.04 Å². The first-order valence-electron chi connectivity index (χ1n) is 6.53. The number of rotatable bonds is 6. The third-order valence-electron chi connectivity index (χ3n) is 3.10. The summed E-state index contributed by atoms with van der Waals surface area (Å²) in [4.78, 5) is 5.66. The summed E-state index contributed by atoms with van der Waals surface area (Å²) >= 11 is 1.78. The maximum atomic E-state index is 5.17. The summed E-state index contributed by atoms with van der Waals surface area (Å²) in [5, 5.41) is 4.72. The average Bonchev–Trinajstić information content (AvgIpc) is 2.93. The van der Waals surface area contributed by atoms with Crippen LogP contribution in [-0.2, 0) is 13.0 Å². The third-order valence-corrected chi connectivity index (χ3v) is 4.24. The van der Waals surface area contributed by atoms with Gasteiger partial charge in [-0.05, 0) is 31.0 Å². The summed E-state index contributed by atoms with van der Waals surface area (Å²) in [5.74, 6) is 0.894. The summed E-state index contributed by atoms with van der Waals surface area (Å²) in [6.45, 7) is 5.17. The van der Waals surface area contributed by atoms with Gasteiger partial charge in [0.15, 0.2) is 0 Å². The minimum atomic E-state index is 0.318. The number of aryl methyl sites for hydroxylation is 1. The van der Waals surface area contributed by atoms with E-state index in [-0.39, 0.29) is 0 Å². The second-order valence-corrected chi connectivity index (χ2v) is 5.65. The Morgan fingerprint density at radius 2 is 2.05 bits per heavy atom. The summed E-state index contributed by atoms with van der Waals surface area (Å²) < 4.78 is 5.17. The first kappa shape index (κ1) is 14.0. The van der Waals surface area contributed by atoms with Crippen LogP contribution in [0.25, 0.3) is 0 Å². The quantitative estimate of drug-likeness (QED) is 0.876. The normalized spacial score (nSPS) is 12.4. The van der Waals surface area contributed by atoms with Crippen molar-refractivity contribution < 1.29 is 4.74 Å². The molecule has 102 valence electrons. The van der Waals surface area contributed by atoms with Crippen LogP contribution in [0.2, 0.25) is 0 Å². The van der Waals surface area contributed by atoms with Gasteiger partial charge in [0.25, 0.3) is 0 Å². The van der Waals surface area contributed by atoms with Crippen molar-refractivity contribution in [3.8, 4) is 5.75 Å². The molecular formula is C15H20N2OS. The van der Waals surface area contributed by atoms with Gasteiger partial charge in [0.2, 0.25) is 0 Å². The highest BCUT2D eigenvalue weighted by atomic mass is 32.1. The highest BCUT2D eigenvalue weighted by molar-refractivity contribution is 7.11. The molecule has 2 aromatic rings. The van der Waals surface area contributed by atoms with Crippen molar-refractivity contribution in [1.29, 1.82) is 0 Å². The molecule has 0 saturated heterocycles. The van der Waals surface area contributed by atoms with Gasteiger partial charge in [-0.2, -0.15) is 0 Å². The molecule has 0 bridgehead atoms. The Morgan fingerprint density at radius 1 is 1.32 bits per heavy atom. The van der Waals surface area contributed by atoms with Gasteiger partial charge >= 0.3 is 0 Å². The van der Waals surface area contributed by atoms with Crippen LogP contribution in [0.1, 0.15) is 35.3 Å². The van der Waals surface area contributed by atoms with E-state index in [1.165, 1.54) is 15.4 Å². The van der Waals surface area contributed by atoms with E-state index in [0.717, 1.165) is 18.7 Å². The van der Waals surface area contributed by atoms with Gasteiger partial charge in [0.05, 0.1) is 12.1 Å². The minimum absolute atomic E-state index is 0.318. The molecule has 0 unspecified atom stereocenters. The Kier molecular flexibility index (Phi) is 4.93. The lowest BCUT2D eigenvalue weighted by Crippen LogP contribution is -2.17. The first-order valence-corrected chi connectivity index (χ1v) is 7.35. The average molecular weight is 276 g/mol. The van der Waals surface area contributed by atoms with Crippen LogP contribution in [0.4, 0.5) is 0 Å².